The lowest BCUT2D eigenvalue weighted by molar-refractivity contribution is -0.141. The van der Waals surface area contributed by atoms with Crippen LogP contribution in [0.4, 0.5) is 5.69 Å². The van der Waals surface area contributed by atoms with Gasteiger partial charge in [-0.3, -0.25) is 9.59 Å². The molecule has 2 aliphatic heterocycles. The Hall–Kier alpha value is -2.08. The number of ether oxygens (including phenoxy) is 1. The Morgan fingerprint density at radius 2 is 1.33 bits per heavy atom. The van der Waals surface area contributed by atoms with E-state index in [0.29, 0.717) is 13.1 Å². The first-order valence-electron chi connectivity index (χ1n) is 8.67. The molecule has 6 heteroatoms. The quantitative estimate of drug-likeness (QED) is 0.807. The zero-order chi connectivity index (χ0) is 16.8. The molecule has 3 rings (SSSR count). The Labute approximate surface area is 143 Å². The molecule has 2 heterocycles. The molecular formula is C18H25N3O3. The van der Waals surface area contributed by atoms with Crippen molar-refractivity contribution in [1.82, 2.24) is 9.80 Å². The van der Waals surface area contributed by atoms with Gasteiger partial charge in [-0.2, -0.15) is 0 Å². The van der Waals surface area contributed by atoms with E-state index in [1.54, 1.807) is 0 Å². The number of nitrogens with zero attached hydrogens (tertiary/aromatic N) is 3. The highest BCUT2D eigenvalue weighted by molar-refractivity contribution is 5.80. The molecular weight excluding hydrogens is 306 g/mol. The number of benzene rings is 1. The van der Waals surface area contributed by atoms with E-state index >= 15 is 0 Å². The predicted octanol–water partition coefficient (Wildman–Crippen LogP) is 0.974. The summed E-state index contributed by atoms with van der Waals surface area (Å²) in [7, 11) is 0. The summed E-state index contributed by atoms with van der Waals surface area (Å²) in [6.45, 7) is 4.66. The van der Waals surface area contributed by atoms with Crippen LogP contribution in [0.5, 0.6) is 0 Å². The van der Waals surface area contributed by atoms with Crippen molar-refractivity contribution in [3.63, 3.8) is 0 Å². The van der Waals surface area contributed by atoms with Gasteiger partial charge < -0.3 is 19.4 Å². The Bertz CT molecular complexity index is 550. The highest BCUT2D eigenvalue weighted by Crippen LogP contribution is 2.15. The van der Waals surface area contributed by atoms with E-state index in [4.69, 9.17) is 4.74 Å². The number of amides is 2. The lowest BCUT2D eigenvalue weighted by Crippen LogP contribution is -2.50. The van der Waals surface area contributed by atoms with Gasteiger partial charge >= 0.3 is 0 Å². The van der Waals surface area contributed by atoms with Crippen molar-refractivity contribution in [2.24, 2.45) is 0 Å². The minimum absolute atomic E-state index is 0.00537. The molecule has 130 valence electrons. The predicted molar refractivity (Wildman–Crippen MR) is 91.9 cm³/mol. The third kappa shape index (κ3) is 4.26. The first kappa shape index (κ1) is 16.8. The SMILES string of the molecule is O=C(COCC(=O)N1CCN(c2ccccc2)CC1)N1CCCC1. The van der Waals surface area contributed by atoms with Crippen LogP contribution in [0.25, 0.3) is 0 Å². The summed E-state index contributed by atoms with van der Waals surface area (Å²) in [5.74, 6) is -0.0360. The third-order valence-corrected chi connectivity index (χ3v) is 4.66. The Kier molecular flexibility index (Phi) is 5.69. The van der Waals surface area contributed by atoms with Gasteiger partial charge in [-0.1, -0.05) is 18.2 Å². The van der Waals surface area contributed by atoms with Crippen LogP contribution in [-0.2, 0) is 14.3 Å². The zero-order valence-electron chi connectivity index (χ0n) is 14.0. The van der Waals surface area contributed by atoms with Crippen LogP contribution in [0.3, 0.4) is 0 Å². The lowest BCUT2D eigenvalue weighted by atomic mass is 10.2. The second-order valence-corrected chi connectivity index (χ2v) is 6.28. The molecule has 2 saturated heterocycles. The topological polar surface area (TPSA) is 53.1 Å². The van der Waals surface area contributed by atoms with Crippen molar-refractivity contribution in [3.05, 3.63) is 30.3 Å². The molecule has 0 bridgehead atoms. The van der Waals surface area contributed by atoms with Crippen LogP contribution < -0.4 is 4.90 Å². The average Bonchev–Trinajstić information content (AvgIpc) is 3.17. The summed E-state index contributed by atoms with van der Waals surface area (Å²) in [5.41, 5.74) is 1.19. The van der Waals surface area contributed by atoms with Crippen LogP contribution >= 0.6 is 0 Å². The smallest absolute Gasteiger partial charge is 0.248 e. The lowest BCUT2D eigenvalue weighted by Gasteiger charge is -2.36. The van der Waals surface area contributed by atoms with E-state index in [-0.39, 0.29) is 25.0 Å². The van der Waals surface area contributed by atoms with Gasteiger partial charge in [-0.05, 0) is 25.0 Å². The number of carbonyl (C=O) groups is 2. The van der Waals surface area contributed by atoms with E-state index in [1.165, 1.54) is 5.69 Å². The maximum Gasteiger partial charge on any atom is 0.248 e. The highest BCUT2D eigenvalue weighted by Gasteiger charge is 2.22. The fraction of sp³-hybridized carbons (Fsp3) is 0.556. The minimum Gasteiger partial charge on any atom is -0.368 e. The van der Waals surface area contributed by atoms with Gasteiger partial charge in [0.05, 0.1) is 0 Å². The monoisotopic (exact) mass is 331 g/mol. The molecule has 0 radical (unpaired) electrons. The average molecular weight is 331 g/mol. The second-order valence-electron chi connectivity index (χ2n) is 6.28. The largest absolute Gasteiger partial charge is 0.368 e. The van der Waals surface area contributed by atoms with Gasteiger partial charge in [0.2, 0.25) is 11.8 Å². The molecule has 0 atom stereocenters. The number of likely N-dealkylation sites (tertiary alicyclic amines) is 1. The number of carbonyl (C=O) groups excluding carboxylic acids is 2. The van der Waals surface area contributed by atoms with E-state index < -0.39 is 0 Å². The summed E-state index contributed by atoms with van der Waals surface area (Å²) in [6.07, 6.45) is 2.13. The normalized spacial score (nSPS) is 18.1. The van der Waals surface area contributed by atoms with Crippen molar-refractivity contribution in [2.75, 3.05) is 57.4 Å². The third-order valence-electron chi connectivity index (χ3n) is 4.66. The number of hydrogen-bond donors (Lipinski definition) is 0. The second kappa shape index (κ2) is 8.15. The first-order valence-corrected chi connectivity index (χ1v) is 8.67. The van der Waals surface area contributed by atoms with Gasteiger partial charge in [0, 0.05) is 45.0 Å². The molecule has 0 saturated carbocycles. The standard InChI is InChI=1S/C18H25N3O3/c22-17(20-8-4-5-9-20)14-24-15-18(23)21-12-10-19(11-13-21)16-6-2-1-3-7-16/h1-3,6-7H,4-5,8-15H2. The van der Waals surface area contributed by atoms with Gasteiger partial charge in [0.15, 0.2) is 0 Å². The summed E-state index contributed by atoms with van der Waals surface area (Å²) in [5, 5.41) is 0. The molecule has 6 nitrogen and oxygen atoms in total. The van der Waals surface area contributed by atoms with Crippen LogP contribution in [0.1, 0.15) is 12.8 Å². The molecule has 0 unspecified atom stereocenters. The number of piperazine rings is 1. The molecule has 24 heavy (non-hydrogen) atoms. The number of anilines is 1. The molecule has 1 aromatic rings. The summed E-state index contributed by atoms with van der Waals surface area (Å²) in [6, 6.07) is 10.2. The Morgan fingerprint density at radius 1 is 0.792 bits per heavy atom. The van der Waals surface area contributed by atoms with Crippen LogP contribution in [0.2, 0.25) is 0 Å². The van der Waals surface area contributed by atoms with E-state index in [0.717, 1.165) is 39.0 Å². The van der Waals surface area contributed by atoms with Gasteiger partial charge in [0.1, 0.15) is 13.2 Å². The van der Waals surface area contributed by atoms with Crippen molar-refractivity contribution in [3.8, 4) is 0 Å². The van der Waals surface area contributed by atoms with E-state index in [2.05, 4.69) is 17.0 Å². The van der Waals surface area contributed by atoms with Gasteiger partial charge in [-0.25, -0.2) is 0 Å². The van der Waals surface area contributed by atoms with Crippen LogP contribution in [-0.4, -0.2) is 74.1 Å². The summed E-state index contributed by atoms with van der Waals surface area (Å²) < 4.78 is 5.34. The fourth-order valence-electron chi connectivity index (χ4n) is 3.23. The minimum atomic E-state index is -0.0306. The van der Waals surface area contributed by atoms with Crippen molar-refractivity contribution >= 4 is 17.5 Å². The van der Waals surface area contributed by atoms with Crippen LogP contribution in [0, 0.1) is 0 Å². The zero-order valence-corrected chi connectivity index (χ0v) is 14.0. The highest BCUT2D eigenvalue weighted by atomic mass is 16.5. The molecule has 0 aromatic heterocycles. The maximum absolute atomic E-state index is 12.2. The molecule has 2 fully saturated rings. The van der Waals surface area contributed by atoms with Crippen LogP contribution in [0.15, 0.2) is 30.3 Å². The number of para-hydroxylation sites is 1. The molecule has 0 N–H and O–H groups in total. The molecule has 0 aliphatic carbocycles. The van der Waals surface area contributed by atoms with Crippen molar-refractivity contribution in [2.45, 2.75) is 12.8 Å². The Balaban J connectivity index is 1.37. The van der Waals surface area contributed by atoms with Crippen molar-refractivity contribution < 1.29 is 14.3 Å². The van der Waals surface area contributed by atoms with Crippen molar-refractivity contribution in [1.29, 1.82) is 0 Å². The van der Waals surface area contributed by atoms with Gasteiger partial charge in [-0.15, -0.1) is 0 Å². The number of hydrogen-bond acceptors (Lipinski definition) is 4. The molecule has 2 amide bonds. The molecule has 0 spiro atoms. The number of rotatable bonds is 5. The van der Waals surface area contributed by atoms with Gasteiger partial charge in [0.25, 0.3) is 0 Å². The summed E-state index contributed by atoms with van der Waals surface area (Å²) >= 11 is 0. The molecule has 1 aromatic carbocycles. The Morgan fingerprint density at radius 3 is 1.92 bits per heavy atom. The van der Waals surface area contributed by atoms with E-state index in [9.17, 15) is 9.59 Å². The maximum atomic E-state index is 12.2. The first-order chi connectivity index (χ1) is 11.7. The fourth-order valence-corrected chi connectivity index (χ4v) is 3.23. The molecule has 2 aliphatic rings. The van der Waals surface area contributed by atoms with E-state index in [1.807, 2.05) is 28.0 Å². The summed E-state index contributed by atoms with van der Waals surface area (Å²) in [4.78, 5) is 30.0.